The lowest BCUT2D eigenvalue weighted by atomic mass is 10.1. The molecule has 0 spiro atoms. The molecule has 1 N–H and O–H groups in total. The first-order valence-electron chi connectivity index (χ1n) is 11.8. The van der Waals surface area contributed by atoms with E-state index in [1.165, 1.54) is 5.56 Å². The molecular weight excluding hydrogens is 440 g/mol. The highest BCUT2D eigenvalue weighted by Gasteiger charge is 2.21. The van der Waals surface area contributed by atoms with Gasteiger partial charge in [-0.25, -0.2) is 0 Å². The molecule has 1 amide bonds. The largest absolute Gasteiger partial charge is 0.416 e. The molecule has 0 radical (unpaired) electrons. The number of carbonyl (C=O) groups excluding carboxylic acids is 1. The number of benzene rings is 3. The van der Waals surface area contributed by atoms with Crippen molar-refractivity contribution < 1.29 is 13.9 Å². The highest BCUT2D eigenvalue weighted by molar-refractivity contribution is 5.94. The molecular formula is C28H28N4O3. The van der Waals surface area contributed by atoms with Crippen LogP contribution in [0.1, 0.15) is 21.5 Å². The lowest BCUT2D eigenvalue weighted by Gasteiger charge is -2.33. The van der Waals surface area contributed by atoms with Crippen molar-refractivity contribution >= 4 is 5.91 Å². The average Bonchev–Trinajstić information content (AvgIpc) is 3.39. The van der Waals surface area contributed by atoms with E-state index in [1.54, 1.807) is 12.1 Å². The SMILES string of the molecule is Cc1cccc(-c2nnc(-c3ccc(C(=O)NCC4CN(Cc5ccccc5)CCO4)cc3)o2)c1. The third-order valence-corrected chi connectivity index (χ3v) is 6.05. The quantitative estimate of drug-likeness (QED) is 0.435. The van der Waals surface area contributed by atoms with Crippen molar-refractivity contribution in [2.75, 3.05) is 26.2 Å². The molecule has 1 aliphatic heterocycles. The molecule has 1 atom stereocenters. The predicted molar refractivity (Wildman–Crippen MR) is 134 cm³/mol. The third kappa shape index (κ3) is 5.82. The van der Waals surface area contributed by atoms with Crippen molar-refractivity contribution in [1.82, 2.24) is 20.4 Å². The van der Waals surface area contributed by atoms with Gasteiger partial charge in [-0.1, -0.05) is 48.0 Å². The summed E-state index contributed by atoms with van der Waals surface area (Å²) in [6.07, 6.45) is -0.0332. The Morgan fingerprint density at radius 2 is 1.74 bits per heavy atom. The van der Waals surface area contributed by atoms with Gasteiger partial charge in [0.2, 0.25) is 11.8 Å². The second kappa shape index (κ2) is 10.6. The van der Waals surface area contributed by atoms with Crippen LogP contribution in [0.15, 0.2) is 83.3 Å². The Balaban J connectivity index is 1.15. The summed E-state index contributed by atoms with van der Waals surface area (Å²) in [5.74, 6) is 0.758. The second-order valence-corrected chi connectivity index (χ2v) is 8.78. The van der Waals surface area contributed by atoms with Crippen LogP contribution in [-0.4, -0.2) is 53.3 Å². The second-order valence-electron chi connectivity index (χ2n) is 8.78. The Morgan fingerprint density at radius 3 is 2.51 bits per heavy atom. The molecule has 1 saturated heterocycles. The number of amides is 1. The van der Waals surface area contributed by atoms with E-state index in [0.717, 1.165) is 36.3 Å². The van der Waals surface area contributed by atoms with E-state index >= 15 is 0 Å². The van der Waals surface area contributed by atoms with Crippen LogP contribution < -0.4 is 5.32 Å². The van der Waals surface area contributed by atoms with Crippen LogP contribution in [-0.2, 0) is 11.3 Å². The number of morpholine rings is 1. The van der Waals surface area contributed by atoms with E-state index in [0.29, 0.717) is 30.5 Å². The number of rotatable bonds is 7. The maximum Gasteiger partial charge on any atom is 0.251 e. The van der Waals surface area contributed by atoms with Crippen molar-refractivity contribution in [3.05, 3.63) is 95.6 Å². The van der Waals surface area contributed by atoms with Crippen LogP contribution in [0, 0.1) is 6.92 Å². The van der Waals surface area contributed by atoms with Gasteiger partial charge in [0.25, 0.3) is 5.91 Å². The highest BCUT2D eigenvalue weighted by atomic mass is 16.5. The highest BCUT2D eigenvalue weighted by Crippen LogP contribution is 2.24. The summed E-state index contributed by atoms with van der Waals surface area (Å²) < 4.78 is 11.7. The van der Waals surface area contributed by atoms with Crippen molar-refractivity contribution in [3.8, 4) is 22.9 Å². The van der Waals surface area contributed by atoms with Gasteiger partial charge in [0.05, 0.1) is 12.7 Å². The van der Waals surface area contributed by atoms with Gasteiger partial charge in [0.1, 0.15) is 0 Å². The van der Waals surface area contributed by atoms with Gasteiger partial charge in [0, 0.05) is 42.9 Å². The molecule has 2 heterocycles. The zero-order valence-corrected chi connectivity index (χ0v) is 19.7. The van der Waals surface area contributed by atoms with Crippen molar-refractivity contribution in [1.29, 1.82) is 0 Å². The molecule has 7 heteroatoms. The summed E-state index contributed by atoms with van der Waals surface area (Å²) in [6, 6.07) is 25.5. The van der Waals surface area contributed by atoms with Crippen LogP contribution in [0.2, 0.25) is 0 Å². The van der Waals surface area contributed by atoms with Gasteiger partial charge in [-0.2, -0.15) is 0 Å². The zero-order valence-electron chi connectivity index (χ0n) is 19.7. The van der Waals surface area contributed by atoms with Gasteiger partial charge in [-0.3, -0.25) is 9.69 Å². The topological polar surface area (TPSA) is 80.5 Å². The maximum absolute atomic E-state index is 12.7. The van der Waals surface area contributed by atoms with Crippen molar-refractivity contribution in [2.45, 2.75) is 19.6 Å². The zero-order chi connectivity index (χ0) is 24.0. The molecule has 3 aromatic carbocycles. The molecule has 35 heavy (non-hydrogen) atoms. The predicted octanol–water partition coefficient (Wildman–Crippen LogP) is 4.34. The fraction of sp³-hybridized carbons (Fsp3) is 0.250. The van der Waals surface area contributed by atoms with E-state index in [1.807, 2.05) is 49.4 Å². The lowest BCUT2D eigenvalue weighted by molar-refractivity contribution is -0.0292. The monoisotopic (exact) mass is 468 g/mol. The molecule has 178 valence electrons. The molecule has 5 rings (SSSR count). The Hall–Kier alpha value is -3.81. The third-order valence-electron chi connectivity index (χ3n) is 6.05. The van der Waals surface area contributed by atoms with Crippen molar-refractivity contribution in [3.63, 3.8) is 0 Å². The molecule has 1 aromatic heterocycles. The van der Waals surface area contributed by atoms with Crippen LogP contribution in [0.5, 0.6) is 0 Å². The summed E-state index contributed by atoms with van der Waals surface area (Å²) in [7, 11) is 0. The summed E-state index contributed by atoms with van der Waals surface area (Å²) in [5.41, 5.74) is 4.63. The molecule has 1 aliphatic rings. The van der Waals surface area contributed by atoms with E-state index in [2.05, 4.69) is 44.7 Å². The molecule has 0 saturated carbocycles. The number of nitrogens with one attached hydrogen (secondary N) is 1. The lowest BCUT2D eigenvalue weighted by Crippen LogP contribution is -2.47. The Kier molecular flexibility index (Phi) is 6.97. The summed E-state index contributed by atoms with van der Waals surface area (Å²) in [6.45, 7) is 5.71. The minimum atomic E-state index is -0.133. The average molecular weight is 469 g/mol. The van der Waals surface area contributed by atoms with Gasteiger partial charge in [-0.15, -0.1) is 10.2 Å². The summed E-state index contributed by atoms with van der Waals surface area (Å²) in [5, 5.41) is 11.3. The van der Waals surface area contributed by atoms with Gasteiger partial charge < -0.3 is 14.5 Å². The molecule has 1 unspecified atom stereocenters. The van der Waals surface area contributed by atoms with Crippen molar-refractivity contribution in [2.24, 2.45) is 0 Å². The molecule has 7 nitrogen and oxygen atoms in total. The molecule has 1 fully saturated rings. The molecule has 0 bridgehead atoms. The Bertz CT molecular complexity index is 1270. The van der Waals surface area contributed by atoms with Gasteiger partial charge >= 0.3 is 0 Å². The minimum absolute atomic E-state index is 0.0332. The number of carbonyl (C=O) groups is 1. The molecule has 0 aliphatic carbocycles. The maximum atomic E-state index is 12.7. The number of hydrogen-bond acceptors (Lipinski definition) is 6. The fourth-order valence-corrected chi connectivity index (χ4v) is 4.20. The van der Waals surface area contributed by atoms with E-state index in [9.17, 15) is 4.79 Å². The number of aromatic nitrogens is 2. The standard InChI is InChI=1S/C28H28N4O3/c1-20-6-5-9-24(16-20)28-31-30-27(35-28)23-12-10-22(11-13-23)26(33)29-17-25-19-32(14-15-34-25)18-21-7-3-2-4-8-21/h2-13,16,25H,14-15,17-19H2,1H3,(H,29,33). The fourth-order valence-electron chi connectivity index (χ4n) is 4.20. The first-order chi connectivity index (χ1) is 17.1. The van der Waals surface area contributed by atoms with E-state index in [4.69, 9.17) is 9.15 Å². The smallest absolute Gasteiger partial charge is 0.251 e. The first kappa shape index (κ1) is 23.0. The molecule has 4 aromatic rings. The van der Waals surface area contributed by atoms with Gasteiger partial charge in [0.15, 0.2) is 0 Å². The number of ether oxygens (including phenoxy) is 1. The number of nitrogens with zero attached hydrogens (tertiary/aromatic N) is 3. The Labute approximate surface area is 204 Å². The summed E-state index contributed by atoms with van der Waals surface area (Å²) >= 11 is 0. The van der Waals surface area contributed by atoms with Crippen LogP contribution in [0.4, 0.5) is 0 Å². The minimum Gasteiger partial charge on any atom is -0.416 e. The summed E-state index contributed by atoms with van der Waals surface area (Å²) in [4.78, 5) is 15.1. The van der Waals surface area contributed by atoms with E-state index < -0.39 is 0 Å². The number of hydrogen-bond donors (Lipinski definition) is 1. The Morgan fingerprint density at radius 1 is 0.971 bits per heavy atom. The van der Waals surface area contributed by atoms with Crippen LogP contribution in [0.3, 0.4) is 0 Å². The van der Waals surface area contributed by atoms with Gasteiger partial charge in [-0.05, 0) is 48.9 Å². The normalized spacial score (nSPS) is 16.2. The van der Waals surface area contributed by atoms with E-state index in [-0.39, 0.29) is 12.0 Å². The number of aryl methyl sites for hydroxylation is 1. The first-order valence-corrected chi connectivity index (χ1v) is 11.8. The van der Waals surface area contributed by atoms with Crippen LogP contribution >= 0.6 is 0 Å². The van der Waals surface area contributed by atoms with Crippen LogP contribution in [0.25, 0.3) is 22.9 Å².